The number of esters is 1. The number of aryl methyl sites for hydroxylation is 2. The number of carbonyl (C=O) groups is 1. The topological polar surface area (TPSA) is 57.3 Å². The molecule has 16 heavy (non-hydrogen) atoms. The first-order valence-corrected chi connectivity index (χ1v) is 5.00. The minimum atomic E-state index is -0.510. The van der Waals surface area contributed by atoms with Crippen LogP contribution in [-0.2, 0) is 6.54 Å². The smallest absolute Gasteiger partial charge is 0.379 e. The van der Waals surface area contributed by atoms with E-state index in [1.807, 2.05) is 6.92 Å². The van der Waals surface area contributed by atoms with Gasteiger partial charge in [-0.2, -0.15) is 5.10 Å². The van der Waals surface area contributed by atoms with Gasteiger partial charge in [-0.15, -0.1) is 0 Å². The van der Waals surface area contributed by atoms with E-state index in [9.17, 15) is 4.79 Å². The molecule has 0 atom stereocenters. The van der Waals surface area contributed by atoms with Gasteiger partial charge in [-0.1, -0.05) is 0 Å². The molecule has 0 spiro atoms. The summed E-state index contributed by atoms with van der Waals surface area (Å²) >= 11 is 0. The predicted octanol–water partition coefficient (Wildman–Crippen LogP) is 2.02. The zero-order valence-corrected chi connectivity index (χ0v) is 9.14. The van der Waals surface area contributed by atoms with Crippen molar-refractivity contribution < 1.29 is 13.9 Å². The highest BCUT2D eigenvalue weighted by Crippen LogP contribution is 2.13. The summed E-state index contributed by atoms with van der Waals surface area (Å²) in [4.78, 5) is 11.6. The van der Waals surface area contributed by atoms with Crippen LogP contribution in [-0.4, -0.2) is 15.7 Å². The Labute approximate surface area is 92.6 Å². The van der Waals surface area contributed by atoms with Crippen molar-refractivity contribution in [3.63, 3.8) is 0 Å². The SMILES string of the molecule is CCn1cc(OC(=O)c2ccc(C)o2)cn1. The molecule has 0 bridgehead atoms. The predicted molar refractivity (Wildman–Crippen MR) is 56.3 cm³/mol. The molecule has 84 valence electrons. The van der Waals surface area contributed by atoms with Crippen LogP contribution in [0.3, 0.4) is 0 Å². The summed E-state index contributed by atoms with van der Waals surface area (Å²) in [7, 11) is 0. The number of furan rings is 1. The summed E-state index contributed by atoms with van der Waals surface area (Å²) in [5.74, 6) is 0.780. The highest BCUT2D eigenvalue weighted by molar-refractivity contribution is 5.88. The van der Waals surface area contributed by atoms with Crippen LogP contribution >= 0.6 is 0 Å². The third kappa shape index (κ3) is 2.13. The van der Waals surface area contributed by atoms with E-state index in [0.717, 1.165) is 6.54 Å². The number of aromatic nitrogens is 2. The lowest BCUT2D eigenvalue weighted by molar-refractivity contribution is 0.0700. The zero-order valence-electron chi connectivity index (χ0n) is 9.14. The van der Waals surface area contributed by atoms with Crippen molar-refractivity contribution in [2.75, 3.05) is 0 Å². The maximum absolute atomic E-state index is 11.6. The van der Waals surface area contributed by atoms with Crippen LogP contribution in [0.15, 0.2) is 28.9 Å². The lowest BCUT2D eigenvalue weighted by atomic mass is 10.4. The fourth-order valence-electron chi connectivity index (χ4n) is 1.27. The van der Waals surface area contributed by atoms with E-state index in [1.54, 1.807) is 29.9 Å². The highest BCUT2D eigenvalue weighted by Gasteiger charge is 2.13. The number of carbonyl (C=O) groups excluding carboxylic acids is 1. The van der Waals surface area contributed by atoms with Crippen molar-refractivity contribution in [3.05, 3.63) is 36.0 Å². The van der Waals surface area contributed by atoms with E-state index in [-0.39, 0.29) is 5.76 Å². The lowest BCUT2D eigenvalue weighted by Gasteiger charge is -1.97. The van der Waals surface area contributed by atoms with Gasteiger partial charge in [-0.05, 0) is 26.0 Å². The summed E-state index contributed by atoms with van der Waals surface area (Å²) in [5, 5.41) is 4.00. The van der Waals surface area contributed by atoms with Gasteiger partial charge in [-0.3, -0.25) is 4.68 Å². The average molecular weight is 220 g/mol. The summed E-state index contributed by atoms with van der Waals surface area (Å²) in [5.41, 5.74) is 0. The quantitative estimate of drug-likeness (QED) is 0.742. The van der Waals surface area contributed by atoms with Crippen molar-refractivity contribution >= 4 is 5.97 Å². The molecule has 0 amide bonds. The molecule has 0 N–H and O–H groups in total. The molecule has 2 aromatic heterocycles. The van der Waals surface area contributed by atoms with Crippen molar-refractivity contribution in [1.29, 1.82) is 0 Å². The summed E-state index contributed by atoms with van der Waals surface area (Å²) in [6.07, 6.45) is 3.16. The van der Waals surface area contributed by atoms with E-state index >= 15 is 0 Å². The molecule has 5 nitrogen and oxygen atoms in total. The molecule has 0 aliphatic carbocycles. The van der Waals surface area contributed by atoms with Crippen molar-refractivity contribution in [3.8, 4) is 5.75 Å². The van der Waals surface area contributed by atoms with Gasteiger partial charge in [0, 0.05) is 6.54 Å². The van der Waals surface area contributed by atoms with E-state index in [4.69, 9.17) is 9.15 Å². The van der Waals surface area contributed by atoms with Gasteiger partial charge in [0.05, 0.1) is 12.4 Å². The Kier molecular flexibility index (Phi) is 2.76. The normalized spacial score (nSPS) is 10.4. The van der Waals surface area contributed by atoms with E-state index < -0.39 is 5.97 Å². The van der Waals surface area contributed by atoms with Crippen LogP contribution in [0.4, 0.5) is 0 Å². The van der Waals surface area contributed by atoms with Gasteiger partial charge >= 0.3 is 5.97 Å². The van der Waals surface area contributed by atoms with Crippen LogP contribution < -0.4 is 4.74 Å². The fraction of sp³-hybridized carbons (Fsp3) is 0.273. The molecule has 5 heteroatoms. The monoisotopic (exact) mass is 220 g/mol. The van der Waals surface area contributed by atoms with Crippen molar-refractivity contribution in [2.45, 2.75) is 20.4 Å². The van der Waals surface area contributed by atoms with Crippen LogP contribution in [0.1, 0.15) is 23.2 Å². The first-order valence-electron chi connectivity index (χ1n) is 5.00. The Morgan fingerprint density at radius 1 is 1.56 bits per heavy atom. The Morgan fingerprint density at radius 3 is 2.94 bits per heavy atom. The second kappa shape index (κ2) is 4.22. The Morgan fingerprint density at radius 2 is 2.38 bits per heavy atom. The van der Waals surface area contributed by atoms with Crippen LogP contribution in [0.2, 0.25) is 0 Å². The Balaban J connectivity index is 2.07. The molecule has 0 unspecified atom stereocenters. The largest absolute Gasteiger partial charge is 0.454 e. The molecular weight excluding hydrogens is 208 g/mol. The van der Waals surface area contributed by atoms with Crippen LogP contribution in [0.5, 0.6) is 5.75 Å². The zero-order chi connectivity index (χ0) is 11.5. The van der Waals surface area contributed by atoms with Gasteiger partial charge in [0.1, 0.15) is 5.76 Å². The van der Waals surface area contributed by atoms with Gasteiger partial charge in [0.2, 0.25) is 5.76 Å². The lowest BCUT2D eigenvalue weighted by Crippen LogP contribution is -2.06. The molecule has 0 aliphatic heterocycles. The van der Waals surface area contributed by atoms with Crippen LogP contribution in [0.25, 0.3) is 0 Å². The van der Waals surface area contributed by atoms with Crippen molar-refractivity contribution in [2.24, 2.45) is 0 Å². The minimum Gasteiger partial charge on any atom is -0.454 e. The summed E-state index contributed by atoms with van der Waals surface area (Å²) in [6.45, 7) is 4.46. The first kappa shape index (κ1) is 10.5. The average Bonchev–Trinajstić information content (AvgIpc) is 2.87. The second-order valence-corrected chi connectivity index (χ2v) is 3.33. The minimum absolute atomic E-state index is 0.196. The molecule has 2 heterocycles. The third-order valence-corrected chi connectivity index (χ3v) is 2.09. The molecular formula is C11H12N2O3. The Bertz CT molecular complexity index is 499. The number of hydrogen-bond acceptors (Lipinski definition) is 4. The Hall–Kier alpha value is -2.04. The number of nitrogens with zero attached hydrogens (tertiary/aromatic N) is 2. The standard InChI is InChI=1S/C11H12N2O3/c1-3-13-7-9(6-12-13)16-11(14)10-5-4-8(2)15-10/h4-7H,3H2,1-2H3. The van der Waals surface area contributed by atoms with Gasteiger partial charge in [-0.25, -0.2) is 4.79 Å². The number of ether oxygens (including phenoxy) is 1. The molecule has 0 saturated carbocycles. The van der Waals surface area contributed by atoms with Gasteiger partial charge < -0.3 is 9.15 Å². The maximum atomic E-state index is 11.6. The van der Waals surface area contributed by atoms with Gasteiger partial charge in [0.25, 0.3) is 0 Å². The maximum Gasteiger partial charge on any atom is 0.379 e. The number of hydrogen-bond donors (Lipinski definition) is 0. The molecule has 0 fully saturated rings. The summed E-state index contributed by atoms with van der Waals surface area (Å²) < 4.78 is 11.9. The van der Waals surface area contributed by atoms with E-state index in [1.165, 1.54) is 6.20 Å². The molecule has 2 aromatic rings. The highest BCUT2D eigenvalue weighted by atomic mass is 16.5. The van der Waals surface area contributed by atoms with Crippen LogP contribution in [0, 0.1) is 6.92 Å². The van der Waals surface area contributed by atoms with E-state index in [0.29, 0.717) is 11.5 Å². The third-order valence-electron chi connectivity index (χ3n) is 2.09. The first-order chi connectivity index (χ1) is 7.69. The fourth-order valence-corrected chi connectivity index (χ4v) is 1.27. The molecule has 0 saturated heterocycles. The molecule has 0 aromatic carbocycles. The molecule has 0 radical (unpaired) electrons. The second-order valence-electron chi connectivity index (χ2n) is 3.33. The molecule has 0 aliphatic rings. The number of rotatable bonds is 3. The van der Waals surface area contributed by atoms with Crippen molar-refractivity contribution in [1.82, 2.24) is 9.78 Å². The van der Waals surface area contributed by atoms with Gasteiger partial charge in [0.15, 0.2) is 5.75 Å². The van der Waals surface area contributed by atoms with E-state index in [2.05, 4.69) is 5.10 Å². The molecule has 2 rings (SSSR count). The summed E-state index contributed by atoms with van der Waals surface area (Å²) in [6, 6.07) is 3.30.